The van der Waals surface area contributed by atoms with E-state index in [1.54, 1.807) is 11.8 Å². The van der Waals surface area contributed by atoms with Crippen LogP contribution in [0.15, 0.2) is 18.2 Å². The molecule has 21 heavy (non-hydrogen) atoms. The van der Waals surface area contributed by atoms with Crippen molar-refractivity contribution < 1.29 is 19.6 Å². The number of carbonyl (C=O) groups excluding carboxylic acids is 1. The van der Waals surface area contributed by atoms with E-state index in [1.165, 1.54) is 12.1 Å². The number of benzene rings is 1. The first-order valence-corrected chi connectivity index (χ1v) is 6.31. The van der Waals surface area contributed by atoms with Crippen molar-refractivity contribution in [2.75, 3.05) is 18.0 Å². The molecule has 1 aromatic rings. The number of amides is 1. The lowest BCUT2D eigenvalue weighted by Gasteiger charge is -2.21. The van der Waals surface area contributed by atoms with Gasteiger partial charge in [0.05, 0.1) is 10.3 Å². The van der Waals surface area contributed by atoms with E-state index in [-0.39, 0.29) is 17.8 Å². The van der Waals surface area contributed by atoms with Gasteiger partial charge in [-0.3, -0.25) is 19.7 Å². The number of carboxylic acids is 1. The number of aliphatic carboxylic acids is 1. The van der Waals surface area contributed by atoms with Crippen LogP contribution in [0, 0.1) is 15.5 Å². The summed E-state index contributed by atoms with van der Waals surface area (Å²) in [6, 6.07) is 3.96. The standard InChI is InChI=1S/C13H15N3O5/c1-13(12(18)19)4-5-15(7-13)9-3-2-8(11(14)17)6-10(9)16(20)21/h2-3,6H,4-5,7H2,1H3,(H2,14,17)(H,18,19). The lowest BCUT2D eigenvalue weighted by molar-refractivity contribution is -0.384. The van der Waals surface area contributed by atoms with Crippen molar-refractivity contribution in [1.29, 1.82) is 0 Å². The second kappa shape index (κ2) is 5.04. The first-order valence-electron chi connectivity index (χ1n) is 6.31. The van der Waals surface area contributed by atoms with E-state index in [0.717, 1.165) is 6.07 Å². The summed E-state index contributed by atoms with van der Waals surface area (Å²) in [6.45, 7) is 2.19. The molecular weight excluding hydrogens is 278 g/mol. The Hall–Kier alpha value is -2.64. The number of carboxylic acid groups (broad SMARTS) is 1. The first-order chi connectivity index (χ1) is 9.74. The zero-order valence-electron chi connectivity index (χ0n) is 11.4. The molecule has 1 amide bonds. The van der Waals surface area contributed by atoms with Gasteiger partial charge in [-0.2, -0.15) is 0 Å². The fourth-order valence-corrected chi connectivity index (χ4v) is 2.43. The van der Waals surface area contributed by atoms with Gasteiger partial charge in [-0.15, -0.1) is 0 Å². The van der Waals surface area contributed by atoms with Crippen LogP contribution in [-0.2, 0) is 4.79 Å². The predicted octanol–water partition coefficient (Wildman–Crippen LogP) is 0.995. The minimum Gasteiger partial charge on any atom is -0.481 e. The summed E-state index contributed by atoms with van der Waals surface area (Å²) >= 11 is 0. The van der Waals surface area contributed by atoms with Crippen molar-refractivity contribution in [3.8, 4) is 0 Å². The molecule has 0 bridgehead atoms. The maximum atomic E-state index is 11.2. The average Bonchev–Trinajstić information content (AvgIpc) is 2.82. The molecule has 8 heteroatoms. The van der Waals surface area contributed by atoms with Crippen molar-refractivity contribution >= 4 is 23.3 Å². The Labute approximate surface area is 120 Å². The molecule has 1 atom stereocenters. The molecule has 1 aromatic carbocycles. The van der Waals surface area contributed by atoms with Crippen LogP contribution in [0.4, 0.5) is 11.4 Å². The van der Waals surface area contributed by atoms with E-state index in [1.807, 2.05) is 0 Å². The molecule has 1 unspecified atom stereocenters. The molecule has 112 valence electrons. The quantitative estimate of drug-likeness (QED) is 0.629. The number of carbonyl (C=O) groups is 2. The van der Waals surface area contributed by atoms with Gasteiger partial charge in [0.1, 0.15) is 5.69 Å². The summed E-state index contributed by atoms with van der Waals surface area (Å²) in [5, 5.41) is 20.4. The van der Waals surface area contributed by atoms with Crippen molar-refractivity contribution in [2.45, 2.75) is 13.3 Å². The SMILES string of the molecule is CC1(C(=O)O)CCN(c2ccc(C(N)=O)cc2[N+](=O)[O-])C1. The van der Waals surface area contributed by atoms with E-state index >= 15 is 0 Å². The molecule has 1 fully saturated rings. The lowest BCUT2D eigenvalue weighted by Crippen LogP contribution is -2.32. The number of primary amides is 1. The molecule has 3 N–H and O–H groups in total. The summed E-state index contributed by atoms with van der Waals surface area (Å²) < 4.78 is 0. The van der Waals surface area contributed by atoms with Crippen LogP contribution in [-0.4, -0.2) is 35.0 Å². The molecule has 2 rings (SSSR count). The normalized spacial score (nSPS) is 21.3. The zero-order chi connectivity index (χ0) is 15.8. The molecule has 0 aromatic heterocycles. The van der Waals surface area contributed by atoms with Crippen molar-refractivity contribution in [3.05, 3.63) is 33.9 Å². The molecule has 1 saturated heterocycles. The van der Waals surface area contributed by atoms with Gasteiger partial charge in [0.25, 0.3) is 5.69 Å². The number of hydrogen-bond donors (Lipinski definition) is 2. The Bertz CT molecular complexity index is 630. The number of nitro benzene ring substituents is 1. The van der Waals surface area contributed by atoms with E-state index in [2.05, 4.69) is 0 Å². The summed E-state index contributed by atoms with van der Waals surface area (Å²) in [6.07, 6.45) is 0.400. The number of nitrogens with zero attached hydrogens (tertiary/aromatic N) is 2. The van der Waals surface area contributed by atoms with Gasteiger partial charge in [0.2, 0.25) is 5.91 Å². The third-order valence-corrected chi connectivity index (χ3v) is 3.79. The Morgan fingerprint density at radius 1 is 1.48 bits per heavy atom. The van der Waals surface area contributed by atoms with Gasteiger partial charge in [-0.25, -0.2) is 0 Å². The van der Waals surface area contributed by atoms with Crippen molar-refractivity contribution in [3.63, 3.8) is 0 Å². The highest BCUT2D eigenvalue weighted by molar-refractivity contribution is 5.94. The van der Waals surface area contributed by atoms with Crippen LogP contribution < -0.4 is 10.6 Å². The molecule has 8 nitrogen and oxygen atoms in total. The second-order valence-corrected chi connectivity index (χ2v) is 5.36. The van der Waals surface area contributed by atoms with Crippen molar-refractivity contribution in [1.82, 2.24) is 0 Å². The largest absolute Gasteiger partial charge is 0.481 e. The van der Waals surface area contributed by atoms with Gasteiger partial charge >= 0.3 is 5.97 Å². The monoisotopic (exact) mass is 293 g/mol. The summed E-state index contributed by atoms with van der Waals surface area (Å²) in [4.78, 5) is 34.6. The molecule has 1 heterocycles. The van der Waals surface area contributed by atoms with E-state index in [0.29, 0.717) is 18.7 Å². The minimum atomic E-state index is -0.934. The van der Waals surface area contributed by atoms with Gasteiger partial charge < -0.3 is 15.7 Å². The molecule has 0 radical (unpaired) electrons. The highest BCUT2D eigenvalue weighted by atomic mass is 16.6. The van der Waals surface area contributed by atoms with Crippen LogP contribution in [0.2, 0.25) is 0 Å². The van der Waals surface area contributed by atoms with Crippen LogP contribution in [0.25, 0.3) is 0 Å². The number of nitro groups is 1. The Kier molecular flexibility index (Phi) is 3.54. The highest BCUT2D eigenvalue weighted by Crippen LogP contribution is 2.37. The number of rotatable bonds is 4. The Balaban J connectivity index is 2.39. The van der Waals surface area contributed by atoms with Crippen molar-refractivity contribution in [2.24, 2.45) is 11.1 Å². The van der Waals surface area contributed by atoms with Crippen LogP contribution in [0.3, 0.4) is 0 Å². The van der Waals surface area contributed by atoms with E-state index in [4.69, 9.17) is 5.73 Å². The fourth-order valence-electron chi connectivity index (χ4n) is 2.43. The average molecular weight is 293 g/mol. The predicted molar refractivity (Wildman–Crippen MR) is 74.2 cm³/mol. The molecular formula is C13H15N3O5. The zero-order valence-corrected chi connectivity index (χ0v) is 11.4. The second-order valence-electron chi connectivity index (χ2n) is 5.36. The molecule has 0 spiro atoms. The van der Waals surface area contributed by atoms with Gasteiger partial charge in [0, 0.05) is 24.7 Å². The van der Waals surface area contributed by atoms with Crippen LogP contribution in [0.1, 0.15) is 23.7 Å². The first kappa shape index (κ1) is 14.8. The summed E-state index contributed by atoms with van der Waals surface area (Å²) in [7, 11) is 0. The van der Waals surface area contributed by atoms with E-state index in [9.17, 15) is 24.8 Å². The Morgan fingerprint density at radius 3 is 2.62 bits per heavy atom. The smallest absolute Gasteiger partial charge is 0.311 e. The van der Waals surface area contributed by atoms with Crippen LogP contribution in [0.5, 0.6) is 0 Å². The summed E-state index contributed by atoms with van der Waals surface area (Å²) in [5.41, 5.74) is 4.28. The van der Waals surface area contributed by atoms with Gasteiger partial charge in [-0.05, 0) is 25.5 Å². The third-order valence-electron chi connectivity index (χ3n) is 3.79. The Morgan fingerprint density at radius 2 is 2.14 bits per heavy atom. The number of hydrogen-bond acceptors (Lipinski definition) is 5. The maximum Gasteiger partial charge on any atom is 0.311 e. The molecule has 1 aliphatic rings. The third kappa shape index (κ3) is 2.64. The molecule has 0 aliphatic carbocycles. The fraction of sp³-hybridized carbons (Fsp3) is 0.385. The minimum absolute atomic E-state index is 0.0469. The van der Waals surface area contributed by atoms with Gasteiger partial charge in [-0.1, -0.05) is 0 Å². The van der Waals surface area contributed by atoms with Crippen LogP contribution >= 0.6 is 0 Å². The topological polar surface area (TPSA) is 127 Å². The highest BCUT2D eigenvalue weighted by Gasteiger charge is 2.42. The number of nitrogens with two attached hydrogens (primary N) is 1. The molecule has 0 saturated carbocycles. The van der Waals surface area contributed by atoms with E-state index < -0.39 is 22.2 Å². The molecule has 1 aliphatic heterocycles. The maximum absolute atomic E-state index is 11.2. The summed E-state index contributed by atoms with van der Waals surface area (Å²) in [5.74, 6) is -1.68. The van der Waals surface area contributed by atoms with Gasteiger partial charge in [0.15, 0.2) is 0 Å². The number of anilines is 1. The lowest BCUT2D eigenvalue weighted by atomic mass is 9.90.